The van der Waals surface area contributed by atoms with Gasteiger partial charge in [-0.25, -0.2) is 0 Å². The van der Waals surface area contributed by atoms with Crippen molar-refractivity contribution in [3.05, 3.63) is 101 Å². The Morgan fingerprint density at radius 3 is 1.87 bits per heavy atom. The highest BCUT2D eigenvalue weighted by Gasteiger charge is 2.09. The molecule has 1 nitrogen and oxygen atoms in total. The van der Waals surface area contributed by atoms with Crippen molar-refractivity contribution in [2.24, 2.45) is 0 Å². The Labute approximate surface area is 137 Å². The zero-order valence-corrected chi connectivity index (χ0v) is 13.5. The Kier molecular flexibility index (Phi) is 4.58. The normalized spacial score (nSPS) is 11.3. The summed E-state index contributed by atoms with van der Waals surface area (Å²) in [5.74, 6) is 1.78. The van der Waals surface area contributed by atoms with Gasteiger partial charge < -0.3 is 4.74 Å². The van der Waals surface area contributed by atoms with Crippen LogP contribution < -0.4 is 4.74 Å². The first-order chi connectivity index (χ1) is 11.2. The maximum absolute atomic E-state index is 6.33. The van der Waals surface area contributed by atoms with Crippen LogP contribution in [0.4, 0.5) is 0 Å². The summed E-state index contributed by atoms with van der Waals surface area (Å²) < 4.78 is 6.33. The molecule has 3 aromatic carbocycles. The monoisotopic (exact) mass is 300 g/mol. The van der Waals surface area contributed by atoms with E-state index in [2.05, 4.69) is 62.4 Å². The second-order valence-corrected chi connectivity index (χ2v) is 5.61. The highest BCUT2D eigenvalue weighted by Crippen LogP contribution is 2.29. The fourth-order valence-electron chi connectivity index (χ4n) is 2.54. The lowest BCUT2D eigenvalue weighted by Crippen LogP contribution is -1.98. The lowest BCUT2D eigenvalue weighted by molar-refractivity contribution is 0.509. The van der Waals surface area contributed by atoms with Gasteiger partial charge in [-0.15, -0.1) is 0 Å². The Balaban J connectivity index is 2.05. The molecule has 0 heterocycles. The van der Waals surface area contributed by atoms with Gasteiger partial charge in [-0.1, -0.05) is 78.9 Å². The molecule has 0 aliphatic rings. The maximum atomic E-state index is 6.33. The highest BCUT2D eigenvalue weighted by atomic mass is 16.5. The minimum atomic E-state index is 0.856. The first-order valence-electron chi connectivity index (χ1n) is 7.80. The molecule has 0 radical (unpaired) electrons. The van der Waals surface area contributed by atoms with Gasteiger partial charge in [0.25, 0.3) is 0 Å². The fraction of sp³-hybridized carbons (Fsp3) is 0.0909. The van der Waals surface area contributed by atoms with Gasteiger partial charge in [0.15, 0.2) is 0 Å². The summed E-state index contributed by atoms with van der Waals surface area (Å²) in [6.45, 7) is 4.15. The van der Waals surface area contributed by atoms with Crippen LogP contribution in [0.15, 0.2) is 78.9 Å². The molecule has 0 atom stereocenters. The third kappa shape index (κ3) is 3.70. The van der Waals surface area contributed by atoms with E-state index in [1.54, 1.807) is 0 Å². The van der Waals surface area contributed by atoms with Gasteiger partial charge in [-0.2, -0.15) is 0 Å². The molecule has 0 aliphatic heterocycles. The van der Waals surface area contributed by atoms with E-state index in [1.165, 1.54) is 0 Å². The highest BCUT2D eigenvalue weighted by molar-refractivity contribution is 5.78. The predicted octanol–water partition coefficient (Wildman–Crippen LogP) is 5.88. The van der Waals surface area contributed by atoms with E-state index in [1.807, 2.05) is 36.4 Å². The number of para-hydroxylation sites is 1. The van der Waals surface area contributed by atoms with Crippen LogP contribution in [0.3, 0.4) is 0 Å². The lowest BCUT2D eigenvalue weighted by Gasteiger charge is -2.15. The molecule has 0 bridgehead atoms. The minimum Gasteiger partial charge on any atom is -0.456 e. The number of rotatable bonds is 4. The van der Waals surface area contributed by atoms with Crippen LogP contribution in [0, 0.1) is 13.8 Å². The second kappa shape index (κ2) is 6.97. The van der Waals surface area contributed by atoms with Crippen LogP contribution in [0.25, 0.3) is 11.8 Å². The second-order valence-electron chi connectivity index (χ2n) is 5.61. The van der Waals surface area contributed by atoms with Crippen molar-refractivity contribution in [1.29, 1.82) is 0 Å². The van der Waals surface area contributed by atoms with Crippen LogP contribution in [-0.2, 0) is 0 Å². The molecule has 3 aromatic rings. The Morgan fingerprint density at radius 1 is 0.696 bits per heavy atom. The molecule has 0 spiro atoms. The summed E-state index contributed by atoms with van der Waals surface area (Å²) in [5.41, 5.74) is 4.47. The number of aryl methyl sites for hydroxylation is 2. The summed E-state index contributed by atoms with van der Waals surface area (Å²) in [5, 5.41) is 0. The van der Waals surface area contributed by atoms with Gasteiger partial charge in [0, 0.05) is 5.56 Å². The van der Waals surface area contributed by atoms with Crippen molar-refractivity contribution in [2.45, 2.75) is 13.8 Å². The molecular weight excluding hydrogens is 280 g/mol. The number of ether oxygens (including phenoxy) is 1. The Bertz CT molecular complexity index is 782. The van der Waals surface area contributed by atoms with E-state index in [4.69, 9.17) is 4.74 Å². The smallest absolute Gasteiger partial charge is 0.135 e. The average Bonchev–Trinajstić information content (AvgIpc) is 2.59. The van der Waals surface area contributed by atoms with E-state index in [0.29, 0.717) is 0 Å². The molecular formula is C22H20O. The van der Waals surface area contributed by atoms with Crippen LogP contribution in [-0.4, -0.2) is 0 Å². The molecule has 114 valence electrons. The van der Waals surface area contributed by atoms with Crippen LogP contribution in [0.5, 0.6) is 5.75 Å². The molecule has 0 N–H and O–H groups in total. The van der Waals surface area contributed by atoms with E-state index < -0.39 is 0 Å². The molecule has 0 aromatic heterocycles. The molecule has 23 heavy (non-hydrogen) atoms. The SMILES string of the molecule is Cc1cccc(C)c1O/C(=C\c1ccccc1)c1ccccc1. The number of hydrogen-bond acceptors (Lipinski definition) is 1. The molecule has 0 fully saturated rings. The molecule has 0 aliphatic carbocycles. The van der Waals surface area contributed by atoms with E-state index >= 15 is 0 Å². The van der Waals surface area contributed by atoms with E-state index in [0.717, 1.165) is 33.8 Å². The number of hydrogen-bond donors (Lipinski definition) is 0. The molecule has 3 rings (SSSR count). The van der Waals surface area contributed by atoms with Crippen molar-refractivity contribution in [3.63, 3.8) is 0 Å². The van der Waals surface area contributed by atoms with Crippen molar-refractivity contribution < 1.29 is 4.74 Å². The van der Waals surface area contributed by atoms with Crippen molar-refractivity contribution in [1.82, 2.24) is 0 Å². The van der Waals surface area contributed by atoms with Gasteiger partial charge in [0.05, 0.1) is 0 Å². The summed E-state index contributed by atoms with van der Waals surface area (Å²) in [7, 11) is 0. The van der Waals surface area contributed by atoms with Gasteiger partial charge in [-0.3, -0.25) is 0 Å². The standard InChI is InChI=1S/C22H20O/c1-17-10-9-11-18(2)22(17)23-21(20-14-7-4-8-15-20)16-19-12-5-3-6-13-19/h3-16H,1-2H3/b21-16-. The molecule has 1 heteroatoms. The van der Waals surface area contributed by atoms with E-state index in [9.17, 15) is 0 Å². The average molecular weight is 300 g/mol. The maximum Gasteiger partial charge on any atom is 0.135 e. The zero-order chi connectivity index (χ0) is 16.1. The summed E-state index contributed by atoms with van der Waals surface area (Å²) in [6.07, 6.45) is 2.08. The van der Waals surface area contributed by atoms with Gasteiger partial charge in [0.2, 0.25) is 0 Å². The third-order valence-electron chi connectivity index (χ3n) is 3.78. The van der Waals surface area contributed by atoms with Gasteiger partial charge in [0.1, 0.15) is 11.5 Å². The largest absolute Gasteiger partial charge is 0.456 e. The summed E-state index contributed by atoms with van der Waals surface area (Å²) in [6, 6.07) is 26.7. The van der Waals surface area contributed by atoms with Gasteiger partial charge >= 0.3 is 0 Å². The molecule has 0 amide bonds. The Morgan fingerprint density at radius 2 is 1.26 bits per heavy atom. The predicted molar refractivity (Wildman–Crippen MR) is 97.3 cm³/mol. The third-order valence-corrected chi connectivity index (χ3v) is 3.78. The lowest BCUT2D eigenvalue weighted by atomic mass is 10.1. The van der Waals surface area contributed by atoms with E-state index in [-0.39, 0.29) is 0 Å². The summed E-state index contributed by atoms with van der Waals surface area (Å²) >= 11 is 0. The Hall–Kier alpha value is -2.80. The first kappa shape index (κ1) is 15.1. The van der Waals surface area contributed by atoms with Crippen molar-refractivity contribution in [2.75, 3.05) is 0 Å². The van der Waals surface area contributed by atoms with Crippen LogP contribution in [0.2, 0.25) is 0 Å². The van der Waals surface area contributed by atoms with Crippen molar-refractivity contribution in [3.8, 4) is 5.75 Å². The summed E-state index contributed by atoms with van der Waals surface area (Å²) in [4.78, 5) is 0. The molecule has 0 unspecified atom stereocenters. The van der Waals surface area contributed by atoms with Crippen LogP contribution in [0.1, 0.15) is 22.3 Å². The fourth-order valence-corrected chi connectivity index (χ4v) is 2.54. The zero-order valence-electron chi connectivity index (χ0n) is 13.5. The number of benzene rings is 3. The quantitative estimate of drug-likeness (QED) is 0.432. The first-order valence-corrected chi connectivity index (χ1v) is 7.80. The van der Waals surface area contributed by atoms with Crippen molar-refractivity contribution >= 4 is 11.8 Å². The topological polar surface area (TPSA) is 9.23 Å². The van der Waals surface area contributed by atoms with Gasteiger partial charge in [-0.05, 0) is 36.6 Å². The molecule has 0 saturated heterocycles. The minimum absolute atomic E-state index is 0.856. The van der Waals surface area contributed by atoms with Crippen LogP contribution >= 0.6 is 0 Å². The molecule has 0 saturated carbocycles.